The van der Waals surface area contributed by atoms with E-state index in [2.05, 4.69) is 57.9 Å². The summed E-state index contributed by atoms with van der Waals surface area (Å²) in [7, 11) is 0. The Balaban J connectivity index is 2.58. The van der Waals surface area contributed by atoms with Crippen LogP contribution >= 0.6 is 0 Å². The Bertz CT molecular complexity index is 416. The molecule has 0 aromatic heterocycles. The first-order valence-corrected chi connectivity index (χ1v) is 7.83. The van der Waals surface area contributed by atoms with Gasteiger partial charge in [0.2, 0.25) is 0 Å². The average Bonchev–Trinajstić information content (AvgIpc) is 2.56. The summed E-state index contributed by atoms with van der Waals surface area (Å²) < 4.78 is 0. The van der Waals surface area contributed by atoms with E-state index in [4.69, 9.17) is 0 Å². The number of amides is 2. The molecule has 2 rings (SSSR count). The van der Waals surface area contributed by atoms with Gasteiger partial charge >= 0.3 is 6.03 Å². The van der Waals surface area contributed by atoms with Crippen molar-refractivity contribution in [1.29, 1.82) is 0 Å². The van der Waals surface area contributed by atoms with E-state index in [9.17, 15) is 4.79 Å². The maximum absolute atomic E-state index is 13.1. The van der Waals surface area contributed by atoms with Crippen LogP contribution in [-0.2, 0) is 0 Å². The lowest BCUT2D eigenvalue weighted by Crippen LogP contribution is -2.58. The minimum atomic E-state index is -0.194. The molecular formula is C17H30N2O. The molecule has 2 atom stereocenters. The van der Waals surface area contributed by atoms with Crippen molar-refractivity contribution in [3.63, 3.8) is 0 Å². The maximum atomic E-state index is 13.1. The molecule has 0 N–H and O–H groups in total. The highest BCUT2D eigenvalue weighted by Gasteiger charge is 2.60. The lowest BCUT2D eigenvalue weighted by Gasteiger charge is -2.48. The number of fused-ring (bicyclic) bond motifs is 1. The Morgan fingerprint density at radius 3 is 2.20 bits per heavy atom. The van der Waals surface area contributed by atoms with Crippen molar-refractivity contribution in [2.24, 2.45) is 0 Å². The van der Waals surface area contributed by atoms with E-state index in [1.54, 1.807) is 0 Å². The van der Waals surface area contributed by atoms with E-state index in [1.807, 2.05) is 6.08 Å². The summed E-state index contributed by atoms with van der Waals surface area (Å²) in [5, 5.41) is 0. The van der Waals surface area contributed by atoms with Gasteiger partial charge in [-0.15, -0.1) is 6.58 Å². The number of urea groups is 1. The standard InChI is InChI=1S/C17H30N2O/c1-8-17-12-10-9-11-13(17)18(15(2,3)4)14(20)19(17)16(5,6)7/h8,13H,1,9-12H2,2-7H3/t13-,17+/m0/s1. The second-order valence-corrected chi connectivity index (χ2v) is 8.29. The second-order valence-electron chi connectivity index (χ2n) is 8.29. The Kier molecular flexibility index (Phi) is 3.47. The number of carbonyl (C=O) groups excluding carboxylic acids is 1. The maximum Gasteiger partial charge on any atom is 0.322 e. The summed E-state index contributed by atoms with van der Waals surface area (Å²) in [6.07, 6.45) is 6.56. The van der Waals surface area contributed by atoms with Crippen molar-refractivity contribution in [3.8, 4) is 0 Å². The van der Waals surface area contributed by atoms with Gasteiger partial charge in [-0.05, 0) is 54.4 Å². The van der Waals surface area contributed by atoms with Gasteiger partial charge in [-0.1, -0.05) is 18.9 Å². The second kappa shape index (κ2) is 4.51. The molecule has 20 heavy (non-hydrogen) atoms. The minimum absolute atomic E-state index is 0.145. The van der Waals surface area contributed by atoms with Gasteiger partial charge in [0, 0.05) is 11.1 Å². The zero-order valence-electron chi connectivity index (χ0n) is 14.0. The van der Waals surface area contributed by atoms with Gasteiger partial charge in [0.25, 0.3) is 0 Å². The minimum Gasteiger partial charge on any atom is -0.314 e. The fourth-order valence-electron chi connectivity index (χ4n) is 4.19. The molecule has 0 aromatic rings. The quantitative estimate of drug-likeness (QED) is 0.660. The lowest BCUT2D eigenvalue weighted by atomic mass is 9.75. The van der Waals surface area contributed by atoms with E-state index >= 15 is 0 Å². The van der Waals surface area contributed by atoms with Crippen LogP contribution in [0.5, 0.6) is 0 Å². The molecule has 3 nitrogen and oxygen atoms in total. The van der Waals surface area contributed by atoms with Gasteiger partial charge in [0.05, 0.1) is 11.6 Å². The van der Waals surface area contributed by atoms with Crippen LogP contribution in [0.2, 0.25) is 0 Å². The molecule has 0 radical (unpaired) electrons. The predicted molar refractivity (Wildman–Crippen MR) is 83.8 cm³/mol. The smallest absolute Gasteiger partial charge is 0.314 e. The van der Waals surface area contributed by atoms with Gasteiger partial charge in [-0.2, -0.15) is 0 Å². The average molecular weight is 278 g/mol. The van der Waals surface area contributed by atoms with Crippen LogP contribution in [-0.4, -0.2) is 38.5 Å². The van der Waals surface area contributed by atoms with E-state index in [0.717, 1.165) is 12.8 Å². The van der Waals surface area contributed by atoms with Crippen LogP contribution < -0.4 is 0 Å². The monoisotopic (exact) mass is 278 g/mol. The first-order valence-electron chi connectivity index (χ1n) is 7.83. The van der Waals surface area contributed by atoms with Crippen LogP contribution in [0.3, 0.4) is 0 Å². The SMILES string of the molecule is C=C[C@@]12CCCC[C@@H]1N(C(C)(C)C)C(=O)N2C(C)(C)C. The summed E-state index contributed by atoms with van der Waals surface area (Å²) in [5.74, 6) is 0. The number of hydrogen-bond acceptors (Lipinski definition) is 1. The topological polar surface area (TPSA) is 23.6 Å². The van der Waals surface area contributed by atoms with Crippen molar-refractivity contribution < 1.29 is 4.79 Å². The summed E-state index contributed by atoms with van der Waals surface area (Å²) in [6.45, 7) is 16.9. The van der Waals surface area contributed by atoms with Crippen LogP contribution in [0.25, 0.3) is 0 Å². The molecular weight excluding hydrogens is 248 g/mol. The number of hydrogen-bond donors (Lipinski definition) is 0. The molecule has 114 valence electrons. The van der Waals surface area contributed by atoms with E-state index < -0.39 is 0 Å². The number of nitrogens with zero attached hydrogens (tertiary/aromatic N) is 2. The molecule has 3 heteroatoms. The third-order valence-corrected chi connectivity index (χ3v) is 4.75. The third kappa shape index (κ3) is 2.06. The Morgan fingerprint density at radius 1 is 1.15 bits per heavy atom. The van der Waals surface area contributed by atoms with Crippen LogP contribution in [0.4, 0.5) is 4.79 Å². The van der Waals surface area contributed by atoms with E-state index in [0.29, 0.717) is 0 Å². The van der Waals surface area contributed by atoms with Gasteiger partial charge in [-0.25, -0.2) is 4.79 Å². The molecule has 0 unspecified atom stereocenters. The Hall–Kier alpha value is -0.990. The molecule has 1 aliphatic carbocycles. The van der Waals surface area contributed by atoms with Crippen LogP contribution in [0.15, 0.2) is 12.7 Å². The number of carbonyl (C=O) groups is 1. The Labute approximate surface area is 124 Å². The summed E-state index contributed by atoms with van der Waals surface area (Å²) >= 11 is 0. The first kappa shape index (κ1) is 15.4. The predicted octanol–water partition coefficient (Wildman–Crippen LogP) is 4.19. The molecule has 2 amide bonds. The normalized spacial score (nSPS) is 31.5. The molecule has 1 heterocycles. The molecule has 1 saturated heterocycles. The summed E-state index contributed by atoms with van der Waals surface area (Å²) in [5.41, 5.74) is -0.519. The molecule has 2 fully saturated rings. The fourth-order valence-corrected chi connectivity index (χ4v) is 4.19. The third-order valence-electron chi connectivity index (χ3n) is 4.75. The highest BCUT2D eigenvalue weighted by atomic mass is 16.2. The highest BCUT2D eigenvalue weighted by Crippen LogP contribution is 2.49. The van der Waals surface area contributed by atoms with Crippen LogP contribution in [0, 0.1) is 0 Å². The van der Waals surface area contributed by atoms with Crippen LogP contribution in [0.1, 0.15) is 67.2 Å². The Morgan fingerprint density at radius 2 is 1.75 bits per heavy atom. The molecule has 0 spiro atoms. The van der Waals surface area contributed by atoms with E-state index in [-0.39, 0.29) is 28.7 Å². The van der Waals surface area contributed by atoms with Crippen molar-refractivity contribution in [2.45, 2.75) is 89.9 Å². The first-order chi connectivity index (χ1) is 9.05. The molecule has 1 saturated carbocycles. The number of rotatable bonds is 1. The van der Waals surface area contributed by atoms with Gasteiger partial charge in [-0.3, -0.25) is 0 Å². The van der Waals surface area contributed by atoms with Gasteiger partial charge < -0.3 is 9.80 Å². The molecule has 0 bridgehead atoms. The van der Waals surface area contributed by atoms with Crippen molar-refractivity contribution >= 4 is 6.03 Å². The lowest BCUT2D eigenvalue weighted by molar-refractivity contribution is 0.0634. The van der Waals surface area contributed by atoms with Crippen molar-refractivity contribution in [2.75, 3.05) is 0 Å². The van der Waals surface area contributed by atoms with E-state index in [1.165, 1.54) is 12.8 Å². The summed E-state index contributed by atoms with van der Waals surface area (Å²) in [6, 6.07) is 0.442. The fraction of sp³-hybridized carbons (Fsp3) is 0.824. The zero-order valence-corrected chi connectivity index (χ0v) is 14.0. The molecule has 0 aromatic carbocycles. The highest BCUT2D eigenvalue weighted by molar-refractivity contribution is 5.81. The van der Waals surface area contributed by atoms with Gasteiger partial charge in [0.1, 0.15) is 0 Å². The van der Waals surface area contributed by atoms with Gasteiger partial charge in [0.15, 0.2) is 0 Å². The zero-order chi connectivity index (χ0) is 15.3. The molecule has 1 aliphatic heterocycles. The largest absolute Gasteiger partial charge is 0.322 e. The summed E-state index contributed by atoms with van der Waals surface area (Å²) in [4.78, 5) is 17.3. The van der Waals surface area contributed by atoms with Crippen molar-refractivity contribution in [1.82, 2.24) is 9.80 Å². The van der Waals surface area contributed by atoms with Crippen molar-refractivity contribution in [3.05, 3.63) is 12.7 Å². The molecule has 2 aliphatic rings.